The molecule has 1 saturated carbocycles. The molecule has 4 rings (SSSR count). The predicted octanol–water partition coefficient (Wildman–Crippen LogP) is 2.48. The number of nitrogens with zero attached hydrogens (tertiary/aromatic N) is 5. The van der Waals surface area contributed by atoms with E-state index in [0.29, 0.717) is 12.0 Å². The Hall–Kier alpha value is -1.01. The molecule has 0 N–H and O–H groups in total. The first-order valence-electron chi connectivity index (χ1n) is 7.76. The van der Waals surface area contributed by atoms with Gasteiger partial charge in [-0.05, 0) is 52.1 Å². The van der Waals surface area contributed by atoms with E-state index in [0.717, 1.165) is 17.2 Å². The van der Waals surface area contributed by atoms with Gasteiger partial charge in [-0.15, -0.1) is 10.2 Å². The molecule has 1 unspecified atom stereocenters. The van der Waals surface area contributed by atoms with Crippen LogP contribution in [0.5, 0.6) is 0 Å². The molecule has 1 atom stereocenters. The topological polar surface area (TPSA) is 46.3 Å². The summed E-state index contributed by atoms with van der Waals surface area (Å²) >= 11 is 1.71. The lowest BCUT2D eigenvalue weighted by atomic mass is 10.1. The molecule has 0 amide bonds. The van der Waals surface area contributed by atoms with Gasteiger partial charge in [0, 0.05) is 18.4 Å². The maximum Gasteiger partial charge on any atom is 0.234 e. The SMILES string of the molecule is CC(CCc1nn2c(C3CC3)nnc2s1)N1CCCC1. The molecule has 0 bridgehead atoms. The Morgan fingerprint density at radius 3 is 2.80 bits per heavy atom. The highest BCUT2D eigenvalue weighted by atomic mass is 32.1. The van der Waals surface area contributed by atoms with Crippen LogP contribution in [0.3, 0.4) is 0 Å². The standard InChI is InChI=1S/C14H21N5S/c1-10(18-8-2-3-9-18)4-7-12-17-19-13(11-5-6-11)15-16-14(19)20-12/h10-11H,2-9H2,1H3. The molecule has 3 heterocycles. The van der Waals surface area contributed by atoms with Crippen molar-refractivity contribution in [1.29, 1.82) is 0 Å². The Balaban J connectivity index is 1.43. The van der Waals surface area contributed by atoms with Gasteiger partial charge in [0.1, 0.15) is 5.01 Å². The van der Waals surface area contributed by atoms with Crippen LogP contribution in [0.25, 0.3) is 4.96 Å². The normalized spacial score (nSPS) is 21.9. The second kappa shape index (κ2) is 5.07. The van der Waals surface area contributed by atoms with Crippen LogP contribution in [0.15, 0.2) is 0 Å². The summed E-state index contributed by atoms with van der Waals surface area (Å²) in [6, 6.07) is 0.676. The first kappa shape index (κ1) is 12.7. The van der Waals surface area contributed by atoms with E-state index >= 15 is 0 Å². The van der Waals surface area contributed by atoms with Crippen LogP contribution in [0.2, 0.25) is 0 Å². The van der Waals surface area contributed by atoms with E-state index in [9.17, 15) is 0 Å². The van der Waals surface area contributed by atoms with Crippen LogP contribution < -0.4 is 0 Å². The molecule has 6 heteroatoms. The highest BCUT2D eigenvalue weighted by Crippen LogP contribution is 2.39. The molecular weight excluding hydrogens is 270 g/mol. The van der Waals surface area contributed by atoms with Crippen LogP contribution in [-0.2, 0) is 6.42 Å². The van der Waals surface area contributed by atoms with Crippen molar-refractivity contribution in [2.45, 2.75) is 57.4 Å². The van der Waals surface area contributed by atoms with Crippen LogP contribution in [-0.4, -0.2) is 43.8 Å². The Labute approximate surface area is 123 Å². The monoisotopic (exact) mass is 291 g/mol. The zero-order chi connectivity index (χ0) is 13.5. The van der Waals surface area contributed by atoms with Crippen LogP contribution in [0.1, 0.15) is 55.8 Å². The summed E-state index contributed by atoms with van der Waals surface area (Å²) in [7, 11) is 0. The highest BCUT2D eigenvalue weighted by Gasteiger charge is 2.30. The molecule has 2 aromatic heterocycles. The van der Waals surface area contributed by atoms with Gasteiger partial charge in [0.25, 0.3) is 0 Å². The van der Waals surface area contributed by atoms with Gasteiger partial charge in [-0.1, -0.05) is 11.3 Å². The first-order valence-corrected chi connectivity index (χ1v) is 8.58. The van der Waals surface area contributed by atoms with E-state index < -0.39 is 0 Å². The van der Waals surface area contributed by atoms with E-state index in [1.54, 1.807) is 11.3 Å². The van der Waals surface area contributed by atoms with Gasteiger partial charge in [0.15, 0.2) is 5.82 Å². The lowest BCUT2D eigenvalue weighted by molar-refractivity contribution is 0.247. The second-order valence-corrected chi connectivity index (χ2v) is 7.19. The molecule has 5 nitrogen and oxygen atoms in total. The second-order valence-electron chi connectivity index (χ2n) is 6.15. The minimum Gasteiger partial charge on any atom is -0.301 e. The lowest BCUT2D eigenvalue weighted by Gasteiger charge is -2.22. The molecule has 20 heavy (non-hydrogen) atoms. The molecule has 2 aromatic rings. The number of fused-ring (bicyclic) bond motifs is 1. The Morgan fingerprint density at radius 2 is 2.05 bits per heavy atom. The van der Waals surface area contributed by atoms with E-state index in [-0.39, 0.29) is 0 Å². The molecular formula is C14H21N5S. The summed E-state index contributed by atoms with van der Waals surface area (Å²) in [5, 5.41) is 14.5. The average Bonchev–Trinajstić information content (AvgIpc) is 2.91. The highest BCUT2D eigenvalue weighted by molar-refractivity contribution is 7.16. The number of aryl methyl sites for hydroxylation is 1. The zero-order valence-corrected chi connectivity index (χ0v) is 12.8. The van der Waals surface area contributed by atoms with Gasteiger partial charge < -0.3 is 4.90 Å². The van der Waals surface area contributed by atoms with Crippen molar-refractivity contribution in [1.82, 2.24) is 24.7 Å². The zero-order valence-electron chi connectivity index (χ0n) is 12.0. The molecule has 1 aliphatic carbocycles. The van der Waals surface area contributed by atoms with Crippen molar-refractivity contribution in [3.63, 3.8) is 0 Å². The fourth-order valence-corrected chi connectivity index (χ4v) is 3.92. The molecule has 0 radical (unpaired) electrons. The van der Waals surface area contributed by atoms with Gasteiger partial charge in [-0.25, -0.2) is 0 Å². The van der Waals surface area contributed by atoms with Crippen molar-refractivity contribution in [3.05, 3.63) is 10.8 Å². The maximum atomic E-state index is 4.72. The molecule has 108 valence electrons. The van der Waals surface area contributed by atoms with Gasteiger partial charge in [0.2, 0.25) is 4.96 Å². The summed E-state index contributed by atoms with van der Waals surface area (Å²) < 4.78 is 1.98. The van der Waals surface area contributed by atoms with E-state index in [1.807, 2.05) is 4.52 Å². The van der Waals surface area contributed by atoms with Gasteiger partial charge >= 0.3 is 0 Å². The van der Waals surface area contributed by atoms with Gasteiger partial charge in [-0.2, -0.15) is 9.61 Å². The van der Waals surface area contributed by atoms with E-state index in [2.05, 4.69) is 22.0 Å². The quantitative estimate of drug-likeness (QED) is 0.849. The van der Waals surface area contributed by atoms with Crippen molar-refractivity contribution < 1.29 is 0 Å². The van der Waals surface area contributed by atoms with Gasteiger partial charge in [-0.3, -0.25) is 0 Å². The maximum absolute atomic E-state index is 4.72. The number of aromatic nitrogens is 4. The summed E-state index contributed by atoms with van der Waals surface area (Å²) in [6.07, 6.45) is 7.50. The summed E-state index contributed by atoms with van der Waals surface area (Å²) in [5.74, 6) is 1.69. The molecule has 2 fully saturated rings. The van der Waals surface area contributed by atoms with Gasteiger partial charge in [0.05, 0.1) is 0 Å². The summed E-state index contributed by atoms with van der Waals surface area (Å²) in [4.78, 5) is 3.58. The molecule has 0 aromatic carbocycles. The fourth-order valence-electron chi connectivity index (χ4n) is 3.07. The van der Waals surface area contributed by atoms with E-state index in [4.69, 9.17) is 5.10 Å². The average molecular weight is 291 g/mol. The molecule has 1 aliphatic heterocycles. The molecule has 2 aliphatic rings. The van der Waals surface area contributed by atoms with Crippen LogP contribution in [0.4, 0.5) is 0 Å². The van der Waals surface area contributed by atoms with Crippen molar-refractivity contribution >= 4 is 16.3 Å². The Bertz CT molecular complexity index is 594. The fraction of sp³-hybridized carbons (Fsp3) is 0.786. The Kier molecular flexibility index (Phi) is 3.22. The number of hydrogen-bond acceptors (Lipinski definition) is 5. The van der Waals surface area contributed by atoms with Crippen molar-refractivity contribution in [2.75, 3.05) is 13.1 Å². The number of likely N-dealkylation sites (tertiary alicyclic amines) is 1. The van der Waals surface area contributed by atoms with Crippen molar-refractivity contribution in [2.24, 2.45) is 0 Å². The number of rotatable bonds is 5. The predicted molar refractivity (Wildman–Crippen MR) is 79.2 cm³/mol. The smallest absolute Gasteiger partial charge is 0.234 e. The molecule has 0 spiro atoms. The minimum atomic E-state index is 0.614. The van der Waals surface area contributed by atoms with Crippen molar-refractivity contribution in [3.8, 4) is 0 Å². The minimum absolute atomic E-state index is 0.614. The first-order chi connectivity index (χ1) is 9.81. The summed E-state index contributed by atoms with van der Waals surface area (Å²) in [6.45, 7) is 4.90. The third-order valence-electron chi connectivity index (χ3n) is 4.54. The summed E-state index contributed by atoms with van der Waals surface area (Å²) in [5.41, 5.74) is 0. The number of hydrogen-bond donors (Lipinski definition) is 0. The van der Waals surface area contributed by atoms with Crippen LogP contribution >= 0.6 is 11.3 Å². The third-order valence-corrected chi connectivity index (χ3v) is 5.50. The largest absolute Gasteiger partial charge is 0.301 e. The third kappa shape index (κ3) is 2.35. The lowest BCUT2D eigenvalue weighted by Crippen LogP contribution is -2.30. The van der Waals surface area contributed by atoms with E-state index in [1.165, 1.54) is 50.2 Å². The Morgan fingerprint density at radius 1 is 1.25 bits per heavy atom. The van der Waals surface area contributed by atoms with Crippen LogP contribution in [0, 0.1) is 0 Å². The molecule has 1 saturated heterocycles.